The number of aromatic nitrogens is 1. The molecule has 0 aliphatic carbocycles. The number of fused-ring (bicyclic) bond motifs is 1. The molecule has 1 fully saturated rings. The Morgan fingerprint density at radius 2 is 2.04 bits per heavy atom. The van der Waals surface area contributed by atoms with E-state index in [-0.39, 0.29) is 11.6 Å². The van der Waals surface area contributed by atoms with Gasteiger partial charge in [-0.2, -0.15) is 13.2 Å². The van der Waals surface area contributed by atoms with Crippen molar-refractivity contribution in [2.45, 2.75) is 45.0 Å². The molecule has 0 spiro atoms. The molecule has 0 saturated carbocycles. The molecule has 0 unspecified atom stereocenters. The molecular formula is C19H22F3N3O2. The molecule has 0 radical (unpaired) electrons. The first-order valence-electron chi connectivity index (χ1n) is 8.73. The lowest BCUT2D eigenvalue weighted by Gasteiger charge is -2.24. The predicted molar refractivity (Wildman–Crippen MR) is 96.6 cm³/mol. The summed E-state index contributed by atoms with van der Waals surface area (Å²) < 4.78 is 45.0. The molecule has 1 aromatic heterocycles. The molecule has 1 aliphatic heterocycles. The summed E-state index contributed by atoms with van der Waals surface area (Å²) >= 11 is 0. The molecule has 1 saturated heterocycles. The summed E-state index contributed by atoms with van der Waals surface area (Å²) in [5, 5.41) is 3.77. The first-order valence-corrected chi connectivity index (χ1v) is 8.73. The lowest BCUT2D eigenvalue weighted by molar-refractivity contribution is -0.137. The van der Waals surface area contributed by atoms with E-state index in [2.05, 4.69) is 10.3 Å². The van der Waals surface area contributed by atoms with Crippen LogP contribution in [-0.2, 0) is 10.9 Å². The molecule has 8 heteroatoms. The number of hydrogen-bond donors (Lipinski definition) is 1. The number of likely N-dealkylation sites (tertiary alicyclic amines) is 1. The summed E-state index contributed by atoms with van der Waals surface area (Å²) in [5.74, 6) is 0. The molecule has 2 heterocycles. The Hall–Kier alpha value is -2.51. The SMILES string of the molecule is CC(C)(C)OC(=O)N1CC[C@@H](Nc2cc(C(F)(F)F)cc3ncccc23)C1. The number of carbonyl (C=O) groups is 1. The van der Waals surface area contributed by atoms with Crippen LogP contribution in [0, 0.1) is 0 Å². The van der Waals surface area contributed by atoms with Crippen LogP contribution >= 0.6 is 0 Å². The van der Waals surface area contributed by atoms with E-state index in [4.69, 9.17) is 4.74 Å². The van der Waals surface area contributed by atoms with E-state index < -0.39 is 23.4 Å². The third-order valence-corrected chi connectivity index (χ3v) is 4.25. The van der Waals surface area contributed by atoms with E-state index in [1.807, 2.05) is 0 Å². The number of anilines is 1. The number of pyridine rings is 1. The average molecular weight is 381 g/mol. The van der Waals surface area contributed by atoms with Gasteiger partial charge >= 0.3 is 12.3 Å². The maximum atomic E-state index is 13.2. The first-order chi connectivity index (χ1) is 12.5. The van der Waals surface area contributed by atoms with Gasteiger partial charge < -0.3 is 15.0 Å². The van der Waals surface area contributed by atoms with E-state index in [0.29, 0.717) is 30.6 Å². The predicted octanol–water partition coefficient (Wildman–Crippen LogP) is 4.67. The molecule has 1 N–H and O–H groups in total. The molecule has 1 amide bonds. The number of halogens is 3. The number of alkyl halides is 3. The van der Waals surface area contributed by atoms with Crippen molar-refractivity contribution in [1.82, 2.24) is 9.88 Å². The summed E-state index contributed by atoms with van der Waals surface area (Å²) in [7, 11) is 0. The van der Waals surface area contributed by atoms with Crippen molar-refractivity contribution in [2.24, 2.45) is 0 Å². The van der Waals surface area contributed by atoms with Gasteiger partial charge in [0.2, 0.25) is 0 Å². The largest absolute Gasteiger partial charge is 0.444 e. The normalized spacial score (nSPS) is 18.0. The molecule has 1 aromatic carbocycles. The van der Waals surface area contributed by atoms with Crippen LogP contribution in [-0.4, -0.2) is 40.7 Å². The molecule has 1 atom stereocenters. The quantitative estimate of drug-likeness (QED) is 0.821. The Bertz CT molecular complexity index is 846. The minimum absolute atomic E-state index is 0.163. The van der Waals surface area contributed by atoms with Gasteiger partial charge in [-0.3, -0.25) is 4.98 Å². The van der Waals surface area contributed by atoms with Crippen LogP contribution in [0.4, 0.5) is 23.7 Å². The van der Waals surface area contributed by atoms with Crippen molar-refractivity contribution in [3.05, 3.63) is 36.0 Å². The molecule has 27 heavy (non-hydrogen) atoms. The number of benzene rings is 1. The maximum Gasteiger partial charge on any atom is 0.416 e. The van der Waals surface area contributed by atoms with Crippen molar-refractivity contribution in [3.8, 4) is 0 Å². The second-order valence-electron chi connectivity index (χ2n) is 7.65. The van der Waals surface area contributed by atoms with Gasteiger partial charge in [-0.25, -0.2) is 4.79 Å². The number of hydrogen-bond acceptors (Lipinski definition) is 4. The standard InChI is InChI=1S/C19H22F3N3O2/c1-18(2,3)27-17(26)25-8-6-13(11-25)24-16-10-12(19(20,21)22)9-15-14(16)5-4-7-23-15/h4-5,7,9-10,13,24H,6,8,11H2,1-3H3/t13-/m1/s1. The highest BCUT2D eigenvalue weighted by atomic mass is 19.4. The zero-order valence-corrected chi connectivity index (χ0v) is 15.4. The van der Waals surface area contributed by atoms with Gasteiger partial charge in [0.15, 0.2) is 0 Å². The summed E-state index contributed by atoms with van der Waals surface area (Å²) in [4.78, 5) is 17.8. The molecule has 146 valence electrons. The molecule has 1 aliphatic rings. The van der Waals surface area contributed by atoms with Crippen molar-refractivity contribution >= 4 is 22.7 Å². The van der Waals surface area contributed by atoms with Gasteiger partial charge in [-0.15, -0.1) is 0 Å². The summed E-state index contributed by atoms with van der Waals surface area (Å²) in [5.41, 5.74) is -0.704. The third-order valence-electron chi connectivity index (χ3n) is 4.25. The van der Waals surface area contributed by atoms with E-state index in [1.54, 1.807) is 37.8 Å². The Morgan fingerprint density at radius 3 is 2.70 bits per heavy atom. The van der Waals surface area contributed by atoms with Gasteiger partial charge in [0.25, 0.3) is 0 Å². The summed E-state index contributed by atoms with van der Waals surface area (Å²) in [6.07, 6.45) is -2.79. The molecule has 3 rings (SSSR count). The maximum absolute atomic E-state index is 13.2. The number of ether oxygens (including phenoxy) is 1. The lowest BCUT2D eigenvalue weighted by Crippen LogP contribution is -2.36. The van der Waals surface area contributed by atoms with Crippen LogP contribution in [0.15, 0.2) is 30.5 Å². The van der Waals surface area contributed by atoms with Crippen molar-refractivity contribution in [2.75, 3.05) is 18.4 Å². The summed E-state index contributed by atoms with van der Waals surface area (Å²) in [6.45, 7) is 6.23. The fraction of sp³-hybridized carbons (Fsp3) is 0.474. The van der Waals surface area contributed by atoms with E-state index in [0.717, 1.165) is 12.1 Å². The van der Waals surface area contributed by atoms with Crippen LogP contribution in [0.2, 0.25) is 0 Å². The third kappa shape index (κ3) is 4.61. The minimum atomic E-state index is -4.46. The van der Waals surface area contributed by atoms with Crippen LogP contribution in [0.3, 0.4) is 0 Å². The average Bonchev–Trinajstić information content (AvgIpc) is 3.01. The Balaban J connectivity index is 1.80. The number of nitrogens with zero attached hydrogens (tertiary/aromatic N) is 2. The van der Waals surface area contributed by atoms with Gasteiger partial charge in [0.1, 0.15) is 5.60 Å². The van der Waals surface area contributed by atoms with E-state index in [9.17, 15) is 18.0 Å². The van der Waals surface area contributed by atoms with Crippen molar-refractivity contribution < 1.29 is 22.7 Å². The van der Waals surface area contributed by atoms with E-state index >= 15 is 0 Å². The zero-order chi connectivity index (χ0) is 19.8. The molecule has 5 nitrogen and oxygen atoms in total. The number of nitrogens with one attached hydrogen (secondary N) is 1. The van der Waals surface area contributed by atoms with Crippen molar-refractivity contribution in [3.63, 3.8) is 0 Å². The Morgan fingerprint density at radius 1 is 1.30 bits per heavy atom. The van der Waals surface area contributed by atoms with Crippen molar-refractivity contribution in [1.29, 1.82) is 0 Å². The summed E-state index contributed by atoms with van der Waals surface area (Å²) in [6, 6.07) is 5.39. The Labute approximate surface area is 155 Å². The topological polar surface area (TPSA) is 54.5 Å². The van der Waals surface area contributed by atoms with Crippen LogP contribution in [0.5, 0.6) is 0 Å². The monoisotopic (exact) mass is 381 g/mol. The minimum Gasteiger partial charge on any atom is -0.444 e. The van der Waals surface area contributed by atoms with Gasteiger partial charge in [0.05, 0.1) is 11.1 Å². The number of rotatable bonds is 2. The van der Waals surface area contributed by atoms with Gasteiger partial charge in [-0.05, 0) is 51.5 Å². The highest BCUT2D eigenvalue weighted by Crippen LogP contribution is 2.35. The lowest BCUT2D eigenvalue weighted by atomic mass is 10.1. The Kier molecular flexibility index (Phi) is 4.92. The number of amides is 1. The van der Waals surface area contributed by atoms with Gasteiger partial charge in [0, 0.05) is 36.4 Å². The van der Waals surface area contributed by atoms with Crippen LogP contribution in [0.25, 0.3) is 10.9 Å². The highest BCUT2D eigenvalue weighted by molar-refractivity contribution is 5.92. The fourth-order valence-electron chi connectivity index (χ4n) is 3.06. The van der Waals surface area contributed by atoms with Crippen LogP contribution in [0.1, 0.15) is 32.8 Å². The molecule has 2 aromatic rings. The van der Waals surface area contributed by atoms with Gasteiger partial charge in [-0.1, -0.05) is 0 Å². The second-order valence-corrected chi connectivity index (χ2v) is 7.65. The molecule has 0 bridgehead atoms. The fourth-order valence-corrected chi connectivity index (χ4v) is 3.06. The van der Waals surface area contributed by atoms with Crippen LogP contribution < -0.4 is 5.32 Å². The number of carbonyl (C=O) groups excluding carboxylic acids is 1. The second kappa shape index (κ2) is 6.90. The zero-order valence-electron chi connectivity index (χ0n) is 15.4. The highest BCUT2D eigenvalue weighted by Gasteiger charge is 2.33. The van der Waals surface area contributed by atoms with E-state index in [1.165, 1.54) is 6.20 Å². The smallest absolute Gasteiger partial charge is 0.416 e. The first kappa shape index (κ1) is 19.3. The molecular weight excluding hydrogens is 359 g/mol.